The van der Waals surface area contributed by atoms with Crippen molar-refractivity contribution in [3.05, 3.63) is 83.0 Å². The molecule has 0 unspecified atom stereocenters. The highest BCUT2D eigenvalue weighted by molar-refractivity contribution is 9.10. The molecule has 0 radical (unpaired) electrons. The zero-order valence-electron chi connectivity index (χ0n) is 23.6. The minimum Gasteiger partial charge on any atom is -0.493 e. The van der Waals surface area contributed by atoms with Crippen LogP contribution in [0.1, 0.15) is 51.8 Å². The molecule has 2 heterocycles. The maximum atomic E-state index is 14.0. The molecule has 8 nitrogen and oxygen atoms in total. The lowest BCUT2D eigenvalue weighted by atomic mass is 9.95. The molecule has 4 rings (SSSR count). The monoisotopic (exact) mass is 627 g/mol. The van der Waals surface area contributed by atoms with Gasteiger partial charge in [0.25, 0.3) is 5.56 Å². The summed E-state index contributed by atoms with van der Waals surface area (Å²) in [6.07, 6.45) is 1.87. The molecule has 0 saturated carbocycles. The maximum Gasteiger partial charge on any atom is 0.338 e. The number of rotatable bonds is 10. The number of ether oxygens (including phenoxy) is 3. The van der Waals surface area contributed by atoms with E-state index >= 15 is 0 Å². The van der Waals surface area contributed by atoms with Gasteiger partial charge in [0.2, 0.25) is 0 Å². The first-order chi connectivity index (χ1) is 19.3. The first kappa shape index (κ1) is 29.6. The Balaban J connectivity index is 1.91. The van der Waals surface area contributed by atoms with Crippen LogP contribution in [0.3, 0.4) is 0 Å². The summed E-state index contributed by atoms with van der Waals surface area (Å²) in [5.41, 5.74) is 3.26. The quantitative estimate of drug-likeness (QED) is 0.300. The van der Waals surface area contributed by atoms with Crippen molar-refractivity contribution in [1.29, 1.82) is 0 Å². The SMILES string of the molecule is CCOC(=O)C1=C(C)N=c2s/c(=C/c3ccc(N(CC)CC)cc3)c(=O)n2[C@@H]1c1cc(OC)c(OCC)cc1Br. The van der Waals surface area contributed by atoms with Crippen LogP contribution >= 0.6 is 27.3 Å². The molecule has 0 fully saturated rings. The van der Waals surface area contributed by atoms with Gasteiger partial charge in [-0.3, -0.25) is 9.36 Å². The molecule has 2 aromatic carbocycles. The van der Waals surface area contributed by atoms with E-state index in [1.165, 1.54) is 11.3 Å². The van der Waals surface area contributed by atoms with Crippen molar-refractivity contribution in [1.82, 2.24) is 4.57 Å². The lowest BCUT2D eigenvalue weighted by Gasteiger charge is -2.26. The molecule has 40 heavy (non-hydrogen) atoms. The summed E-state index contributed by atoms with van der Waals surface area (Å²) in [4.78, 5) is 34.7. The van der Waals surface area contributed by atoms with Crippen molar-refractivity contribution in [2.45, 2.75) is 40.7 Å². The van der Waals surface area contributed by atoms with Crippen molar-refractivity contribution in [3.63, 3.8) is 0 Å². The van der Waals surface area contributed by atoms with E-state index in [0.29, 0.717) is 48.7 Å². The van der Waals surface area contributed by atoms with E-state index in [-0.39, 0.29) is 12.2 Å². The van der Waals surface area contributed by atoms with Gasteiger partial charge in [-0.2, -0.15) is 0 Å². The predicted octanol–water partition coefficient (Wildman–Crippen LogP) is 4.81. The smallest absolute Gasteiger partial charge is 0.338 e. The number of esters is 1. The number of methoxy groups -OCH3 is 1. The van der Waals surface area contributed by atoms with E-state index in [4.69, 9.17) is 14.2 Å². The predicted molar refractivity (Wildman–Crippen MR) is 162 cm³/mol. The topological polar surface area (TPSA) is 82.4 Å². The molecule has 1 atom stereocenters. The van der Waals surface area contributed by atoms with Gasteiger partial charge in [-0.05, 0) is 76.1 Å². The molecule has 3 aromatic rings. The fourth-order valence-electron chi connectivity index (χ4n) is 4.80. The van der Waals surface area contributed by atoms with Crippen LogP contribution in [0.5, 0.6) is 11.5 Å². The van der Waals surface area contributed by atoms with Crippen LogP contribution in [-0.4, -0.2) is 43.9 Å². The fraction of sp³-hybridized carbons (Fsp3) is 0.367. The zero-order chi connectivity index (χ0) is 29.0. The number of nitrogens with zero attached hydrogens (tertiary/aromatic N) is 3. The van der Waals surface area contributed by atoms with Gasteiger partial charge in [0.15, 0.2) is 16.3 Å². The summed E-state index contributed by atoms with van der Waals surface area (Å²) in [5, 5.41) is 0. The van der Waals surface area contributed by atoms with E-state index < -0.39 is 12.0 Å². The lowest BCUT2D eigenvalue weighted by molar-refractivity contribution is -0.139. The summed E-state index contributed by atoms with van der Waals surface area (Å²) in [6, 6.07) is 10.9. The number of hydrogen-bond acceptors (Lipinski definition) is 8. The Kier molecular flexibility index (Phi) is 9.52. The number of fused-ring (bicyclic) bond motifs is 1. The van der Waals surface area contributed by atoms with Gasteiger partial charge in [-0.1, -0.05) is 39.4 Å². The minimum absolute atomic E-state index is 0.198. The highest BCUT2D eigenvalue weighted by atomic mass is 79.9. The molecule has 0 amide bonds. The third-order valence-electron chi connectivity index (χ3n) is 6.71. The average Bonchev–Trinajstić information content (AvgIpc) is 3.24. The lowest BCUT2D eigenvalue weighted by Crippen LogP contribution is -2.40. The van der Waals surface area contributed by atoms with Gasteiger partial charge in [-0.15, -0.1) is 0 Å². The molecule has 0 spiro atoms. The number of allylic oxidation sites excluding steroid dienone is 1. The highest BCUT2D eigenvalue weighted by Gasteiger charge is 2.35. The number of carbonyl (C=O) groups is 1. The molecule has 0 bridgehead atoms. The number of benzene rings is 2. The van der Waals surface area contributed by atoms with Crippen LogP contribution in [0.25, 0.3) is 6.08 Å². The number of hydrogen-bond donors (Lipinski definition) is 0. The second-order valence-electron chi connectivity index (χ2n) is 9.02. The maximum absolute atomic E-state index is 14.0. The Morgan fingerprint density at radius 2 is 1.80 bits per heavy atom. The van der Waals surface area contributed by atoms with Crippen LogP contribution in [-0.2, 0) is 9.53 Å². The Labute approximate surface area is 246 Å². The van der Waals surface area contributed by atoms with Gasteiger partial charge < -0.3 is 19.1 Å². The van der Waals surface area contributed by atoms with Crippen molar-refractivity contribution < 1.29 is 19.0 Å². The Hall–Kier alpha value is -3.37. The van der Waals surface area contributed by atoms with Crippen LogP contribution in [0, 0.1) is 0 Å². The normalized spacial score (nSPS) is 15.0. The molecule has 0 N–H and O–H groups in total. The first-order valence-electron chi connectivity index (χ1n) is 13.3. The number of thiazole rings is 1. The average molecular weight is 629 g/mol. The Morgan fingerprint density at radius 3 is 2.40 bits per heavy atom. The summed E-state index contributed by atoms with van der Waals surface area (Å²) >= 11 is 4.95. The van der Waals surface area contributed by atoms with Crippen molar-refractivity contribution >= 4 is 45.0 Å². The van der Waals surface area contributed by atoms with Crippen molar-refractivity contribution in [2.75, 3.05) is 38.3 Å². The number of anilines is 1. The largest absolute Gasteiger partial charge is 0.493 e. The van der Waals surface area contributed by atoms with Gasteiger partial charge in [-0.25, -0.2) is 9.79 Å². The molecular formula is C30H34BrN3O5S. The third-order valence-corrected chi connectivity index (χ3v) is 8.38. The standard InChI is InChI=1S/C30H34BrN3O5S/c1-7-33(8-2)20-13-11-19(12-14-20)15-25-28(35)34-27(21-16-23(37-6)24(38-9-3)17-22(21)31)26(29(36)39-10-4)18(5)32-30(34)40-25/h11-17,27H,7-10H2,1-6H3/b25-15+/t27-/m1/s1. The van der Waals surface area contributed by atoms with E-state index in [9.17, 15) is 9.59 Å². The Bertz CT molecular complexity index is 1600. The van der Waals surface area contributed by atoms with E-state index in [2.05, 4.69) is 51.8 Å². The molecule has 1 aliphatic rings. The Morgan fingerprint density at radius 1 is 1.10 bits per heavy atom. The number of carbonyl (C=O) groups excluding carboxylic acids is 1. The van der Waals surface area contributed by atoms with Crippen molar-refractivity contribution in [3.8, 4) is 11.5 Å². The second kappa shape index (κ2) is 12.9. The number of halogens is 1. The molecule has 1 aromatic heterocycles. The second-order valence-corrected chi connectivity index (χ2v) is 10.9. The molecule has 10 heteroatoms. The summed E-state index contributed by atoms with van der Waals surface area (Å²) in [5.74, 6) is 0.530. The van der Waals surface area contributed by atoms with Crippen LogP contribution < -0.4 is 29.3 Å². The van der Waals surface area contributed by atoms with Gasteiger partial charge in [0.05, 0.1) is 42.2 Å². The van der Waals surface area contributed by atoms with E-state index in [1.54, 1.807) is 37.7 Å². The van der Waals surface area contributed by atoms with E-state index in [0.717, 1.165) is 24.3 Å². The van der Waals surface area contributed by atoms with Crippen LogP contribution in [0.4, 0.5) is 5.69 Å². The fourth-order valence-corrected chi connectivity index (χ4v) is 6.38. The minimum atomic E-state index is -0.776. The van der Waals surface area contributed by atoms with E-state index in [1.807, 2.05) is 25.1 Å². The van der Waals surface area contributed by atoms with Gasteiger partial charge >= 0.3 is 5.97 Å². The van der Waals surface area contributed by atoms with Crippen molar-refractivity contribution in [2.24, 2.45) is 4.99 Å². The van der Waals surface area contributed by atoms with Gasteiger partial charge in [0, 0.05) is 23.2 Å². The molecule has 1 aliphatic heterocycles. The molecule has 0 saturated heterocycles. The zero-order valence-corrected chi connectivity index (χ0v) is 26.0. The first-order valence-corrected chi connectivity index (χ1v) is 14.9. The van der Waals surface area contributed by atoms with Crippen LogP contribution in [0.15, 0.2) is 61.9 Å². The molecular weight excluding hydrogens is 594 g/mol. The van der Waals surface area contributed by atoms with Gasteiger partial charge in [0.1, 0.15) is 0 Å². The molecule has 212 valence electrons. The number of aromatic nitrogens is 1. The van der Waals surface area contributed by atoms with Crippen LogP contribution in [0.2, 0.25) is 0 Å². The third kappa shape index (κ3) is 5.74. The highest BCUT2D eigenvalue weighted by Crippen LogP contribution is 2.41. The summed E-state index contributed by atoms with van der Waals surface area (Å²) in [7, 11) is 1.56. The summed E-state index contributed by atoms with van der Waals surface area (Å²) in [6.45, 7) is 12.2. The summed E-state index contributed by atoms with van der Waals surface area (Å²) < 4.78 is 19.5. The molecule has 0 aliphatic carbocycles.